The third kappa shape index (κ3) is 1.57. The van der Waals surface area contributed by atoms with Gasteiger partial charge in [0.05, 0.1) is 0 Å². The van der Waals surface area contributed by atoms with Gasteiger partial charge in [0.15, 0.2) is 0 Å². The predicted octanol–water partition coefficient (Wildman–Crippen LogP) is 2.98. The van der Waals surface area contributed by atoms with E-state index in [-0.39, 0.29) is 5.54 Å². The van der Waals surface area contributed by atoms with Gasteiger partial charge in [0, 0.05) is 5.54 Å². The van der Waals surface area contributed by atoms with E-state index in [1.165, 1.54) is 36.8 Å². The van der Waals surface area contributed by atoms with Crippen molar-refractivity contribution >= 4 is 0 Å². The molecule has 0 saturated heterocycles. The lowest BCUT2D eigenvalue weighted by molar-refractivity contribution is 0.372. The summed E-state index contributed by atoms with van der Waals surface area (Å²) in [6.07, 6.45) is 5.28. The minimum atomic E-state index is 0.270. The molecule has 0 amide bonds. The summed E-state index contributed by atoms with van der Waals surface area (Å²) in [5.41, 5.74) is 3.10. The van der Waals surface area contributed by atoms with Crippen LogP contribution < -0.4 is 5.32 Å². The molecule has 1 heteroatoms. The summed E-state index contributed by atoms with van der Waals surface area (Å²) >= 11 is 0. The average Bonchev–Trinajstić information content (AvgIpc) is 2.67. The van der Waals surface area contributed by atoms with Gasteiger partial charge in [-0.1, -0.05) is 42.7 Å². The molecular weight excluding hydrogens is 170 g/mol. The van der Waals surface area contributed by atoms with Crippen molar-refractivity contribution in [1.82, 2.24) is 5.32 Å². The molecular formula is C13H19N. The molecule has 0 unspecified atom stereocenters. The molecule has 2 rings (SSSR count). The SMILES string of the molecule is CNC1(c2cccc(C)c2)CCCC1. The third-order valence-electron chi connectivity index (χ3n) is 3.51. The topological polar surface area (TPSA) is 12.0 Å². The van der Waals surface area contributed by atoms with Crippen molar-refractivity contribution in [1.29, 1.82) is 0 Å². The lowest BCUT2D eigenvalue weighted by Crippen LogP contribution is -2.36. The zero-order valence-electron chi connectivity index (χ0n) is 9.14. The molecule has 1 aliphatic rings. The highest BCUT2D eigenvalue weighted by molar-refractivity contribution is 5.29. The summed E-state index contributed by atoms with van der Waals surface area (Å²) < 4.78 is 0. The predicted molar refractivity (Wildman–Crippen MR) is 60.4 cm³/mol. The van der Waals surface area contributed by atoms with Crippen molar-refractivity contribution in [3.63, 3.8) is 0 Å². The van der Waals surface area contributed by atoms with E-state index in [2.05, 4.69) is 43.6 Å². The smallest absolute Gasteiger partial charge is 0.0432 e. The number of benzene rings is 1. The Balaban J connectivity index is 2.35. The van der Waals surface area contributed by atoms with Gasteiger partial charge in [-0.3, -0.25) is 0 Å². The third-order valence-corrected chi connectivity index (χ3v) is 3.51. The first-order valence-electron chi connectivity index (χ1n) is 5.53. The molecule has 1 aromatic rings. The van der Waals surface area contributed by atoms with Crippen LogP contribution >= 0.6 is 0 Å². The van der Waals surface area contributed by atoms with E-state index in [9.17, 15) is 0 Å². The van der Waals surface area contributed by atoms with Gasteiger partial charge in [-0.25, -0.2) is 0 Å². The van der Waals surface area contributed by atoms with Crippen LogP contribution in [0, 0.1) is 6.92 Å². The van der Waals surface area contributed by atoms with Gasteiger partial charge in [0.2, 0.25) is 0 Å². The Morgan fingerprint density at radius 1 is 1.21 bits per heavy atom. The van der Waals surface area contributed by atoms with E-state index >= 15 is 0 Å². The van der Waals surface area contributed by atoms with Crippen molar-refractivity contribution in [3.8, 4) is 0 Å². The summed E-state index contributed by atoms with van der Waals surface area (Å²) in [7, 11) is 2.09. The number of nitrogens with one attached hydrogen (secondary N) is 1. The lowest BCUT2D eigenvalue weighted by Gasteiger charge is -2.29. The summed E-state index contributed by atoms with van der Waals surface area (Å²) in [6, 6.07) is 8.92. The van der Waals surface area contributed by atoms with E-state index in [1.807, 2.05) is 0 Å². The molecule has 1 aliphatic carbocycles. The zero-order chi connectivity index (χ0) is 10.0. The standard InChI is InChI=1S/C13H19N/c1-11-6-5-7-12(10-11)13(14-2)8-3-4-9-13/h5-7,10,14H,3-4,8-9H2,1-2H3. The second kappa shape index (κ2) is 3.74. The number of hydrogen-bond donors (Lipinski definition) is 1. The Hall–Kier alpha value is -0.820. The Bertz CT molecular complexity index is 311. The molecule has 1 N–H and O–H groups in total. The Morgan fingerprint density at radius 3 is 2.50 bits per heavy atom. The van der Waals surface area contributed by atoms with E-state index < -0.39 is 0 Å². The van der Waals surface area contributed by atoms with Crippen molar-refractivity contribution in [2.24, 2.45) is 0 Å². The van der Waals surface area contributed by atoms with Crippen molar-refractivity contribution in [2.75, 3.05) is 7.05 Å². The van der Waals surface area contributed by atoms with Gasteiger partial charge in [0.1, 0.15) is 0 Å². The summed E-state index contributed by atoms with van der Waals surface area (Å²) in [5.74, 6) is 0. The summed E-state index contributed by atoms with van der Waals surface area (Å²) in [5, 5.41) is 3.52. The Morgan fingerprint density at radius 2 is 1.93 bits per heavy atom. The van der Waals surface area contributed by atoms with Crippen LogP contribution in [-0.2, 0) is 5.54 Å². The van der Waals surface area contributed by atoms with Gasteiger partial charge < -0.3 is 5.32 Å². The highest BCUT2D eigenvalue weighted by atomic mass is 14.9. The first-order valence-corrected chi connectivity index (χ1v) is 5.53. The minimum absolute atomic E-state index is 0.270. The molecule has 0 spiro atoms. The Kier molecular flexibility index (Phi) is 2.60. The van der Waals surface area contributed by atoms with E-state index in [0.29, 0.717) is 0 Å². The zero-order valence-corrected chi connectivity index (χ0v) is 9.14. The van der Waals surface area contributed by atoms with Gasteiger partial charge in [-0.15, -0.1) is 0 Å². The number of rotatable bonds is 2. The maximum atomic E-state index is 3.52. The lowest BCUT2D eigenvalue weighted by atomic mass is 9.87. The molecule has 0 aromatic heterocycles. The van der Waals surface area contributed by atoms with Crippen LogP contribution in [0.25, 0.3) is 0 Å². The molecule has 0 radical (unpaired) electrons. The molecule has 0 atom stereocenters. The van der Waals surface area contributed by atoms with Gasteiger partial charge in [0.25, 0.3) is 0 Å². The fraction of sp³-hybridized carbons (Fsp3) is 0.538. The highest BCUT2D eigenvalue weighted by Crippen LogP contribution is 2.38. The van der Waals surface area contributed by atoms with Crippen molar-refractivity contribution < 1.29 is 0 Å². The Labute approximate surface area is 86.5 Å². The highest BCUT2D eigenvalue weighted by Gasteiger charge is 2.33. The molecule has 14 heavy (non-hydrogen) atoms. The van der Waals surface area contributed by atoms with Crippen LogP contribution in [0.2, 0.25) is 0 Å². The maximum absolute atomic E-state index is 3.52. The first-order chi connectivity index (χ1) is 6.77. The quantitative estimate of drug-likeness (QED) is 0.754. The molecule has 1 aromatic carbocycles. The van der Waals surface area contributed by atoms with Gasteiger partial charge in [-0.2, -0.15) is 0 Å². The summed E-state index contributed by atoms with van der Waals surface area (Å²) in [6.45, 7) is 2.17. The van der Waals surface area contributed by atoms with Crippen molar-refractivity contribution in [3.05, 3.63) is 35.4 Å². The summed E-state index contributed by atoms with van der Waals surface area (Å²) in [4.78, 5) is 0. The number of hydrogen-bond acceptors (Lipinski definition) is 1. The van der Waals surface area contributed by atoms with Crippen LogP contribution in [0.5, 0.6) is 0 Å². The molecule has 1 fully saturated rings. The van der Waals surface area contributed by atoms with Gasteiger partial charge in [-0.05, 0) is 32.4 Å². The average molecular weight is 189 g/mol. The second-order valence-electron chi connectivity index (χ2n) is 4.41. The normalized spacial score (nSPS) is 19.9. The fourth-order valence-corrected chi connectivity index (χ4v) is 2.60. The monoisotopic (exact) mass is 189 g/mol. The fourth-order valence-electron chi connectivity index (χ4n) is 2.60. The molecule has 0 bridgehead atoms. The van der Waals surface area contributed by atoms with Crippen LogP contribution in [0.4, 0.5) is 0 Å². The minimum Gasteiger partial charge on any atom is -0.310 e. The first kappa shape index (κ1) is 9.72. The van der Waals surface area contributed by atoms with E-state index in [0.717, 1.165) is 0 Å². The molecule has 0 aliphatic heterocycles. The second-order valence-corrected chi connectivity index (χ2v) is 4.41. The van der Waals surface area contributed by atoms with Crippen molar-refractivity contribution in [2.45, 2.75) is 38.1 Å². The molecule has 0 heterocycles. The number of aryl methyl sites for hydroxylation is 1. The largest absolute Gasteiger partial charge is 0.310 e. The van der Waals surface area contributed by atoms with E-state index in [1.54, 1.807) is 0 Å². The van der Waals surface area contributed by atoms with Crippen LogP contribution in [-0.4, -0.2) is 7.05 Å². The maximum Gasteiger partial charge on any atom is 0.0432 e. The molecule has 76 valence electrons. The van der Waals surface area contributed by atoms with Crippen LogP contribution in [0.3, 0.4) is 0 Å². The van der Waals surface area contributed by atoms with Gasteiger partial charge >= 0.3 is 0 Å². The van der Waals surface area contributed by atoms with Crippen LogP contribution in [0.1, 0.15) is 36.8 Å². The van der Waals surface area contributed by atoms with E-state index in [4.69, 9.17) is 0 Å². The molecule has 1 nitrogen and oxygen atoms in total. The van der Waals surface area contributed by atoms with Crippen LogP contribution in [0.15, 0.2) is 24.3 Å². The molecule has 1 saturated carbocycles.